The third-order valence-electron chi connectivity index (χ3n) is 2.49. The van der Waals surface area contributed by atoms with Crippen molar-refractivity contribution >= 4 is 17.4 Å². The Kier molecular flexibility index (Phi) is 5.07. The molecule has 0 unspecified atom stereocenters. The summed E-state index contributed by atoms with van der Waals surface area (Å²) in [6.07, 6.45) is -10.2. The Hall–Kier alpha value is -1.24. The number of rotatable bonds is 4. The van der Waals surface area contributed by atoms with Crippen LogP contribution in [0.1, 0.15) is 34.3 Å². The molecule has 20 heavy (non-hydrogen) atoms. The van der Waals surface area contributed by atoms with Crippen LogP contribution in [0.3, 0.4) is 0 Å². The van der Waals surface area contributed by atoms with E-state index in [1.807, 2.05) is 0 Å². The van der Waals surface area contributed by atoms with E-state index in [4.69, 9.17) is 11.6 Å². The lowest BCUT2D eigenvalue weighted by Crippen LogP contribution is -2.17. The van der Waals surface area contributed by atoms with Crippen LogP contribution in [0.15, 0.2) is 18.2 Å². The normalized spacial score (nSPS) is 12.6. The summed E-state index contributed by atoms with van der Waals surface area (Å²) in [7, 11) is 0. The summed E-state index contributed by atoms with van der Waals surface area (Å²) >= 11 is 5.34. The van der Waals surface area contributed by atoms with Crippen LogP contribution < -0.4 is 0 Å². The molecule has 0 aliphatic carbocycles. The van der Waals surface area contributed by atoms with Gasteiger partial charge in [-0.1, -0.05) is 6.07 Å². The van der Waals surface area contributed by atoms with Crippen LogP contribution in [-0.4, -0.2) is 11.7 Å². The standard InChI is InChI=1S/C12H9ClF6O/c13-5-1-2-10(20)7-3-4-8(11(14,15)16)9(6-7)12(17,18)19/h3-4,6H,1-2,5H2. The molecule has 0 spiro atoms. The van der Waals surface area contributed by atoms with E-state index in [1.54, 1.807) is 0 Å². The lowest BCUT2D eigenvalue weighted by Gasteiger charge is -2.16. The second-order valence-electron chi connectivity index (χ2n) is 3.97. The molecule has 1 aromatic carbocycles. The van der Waals surface area contributed by atoms with Gasteiger partial charge >= 0.3 is 12.4 Å². The van der Waals surface area contributed by atoms with Crippen molar-refractivity contribution in [2.45, 2.75) is 25.2 Å². The molecule has 0 amide bonds. The first-order valence-corrected chi connectivity index (χ1v) is 5.98. The molecular formula is C12H9ClF6O. The zero-order valence-corrected chi connectivity index (χ0v) is 10.7. The molecule has 0 saturated carbocycles. The van der Waals surface area contributed by atoms with Crippen LogP contribution in [0.5, 0.6) is 0 Å². The molecule has 1 aromatic rings. The molecule has 112 valence electrons. The van der Waals surface area contributed by atoms with Crippen LogP contribution in [0.4, 0.5) is 26.3 Å². The van der Waals surface area contributed by atoms with E-state index in [9.17, 15) is 31.1 Å². The molecule has 0 saturated heterocycles. The Morgan fingerprint density at radius 2 is 1.55 bits per heavy atom. The fourth-order valence-corrected chi connectivity index (χ4v) is 1.70. The average molecular weight is 319 g/mol. The topological polar surface area (TPSA) is 17.1 Å². The number of carbonyl (C=O) groups is 1. The van der Waals surface area contributed by atoms with Gasteiger partial charge in [-0.25, -0.2) is 0 Å². The van der Waals surface area contributed by atoms with Gasteiger partial charge in [0, 0.05) is 17.9 Å². The zero-order valence-electron chi connectivity index (χ0n) is 9.91. The van der Waals surface area contributed by atoms with Crippen molar-refractivity contribution in [2.24, 2.45) is 0 Å². The van der Waals surface area contributed by atoms with Gasteiger partial charge in [0.25, 0.3) is 0 Å². The van der Waals surface area contributed by atoms with Crippen LogP contribution in [0.2, 0.25) is 0 Å². The van der Waals surface area contributed by atoms with E-state index in [0.717, 1.165) is 6.07 Å². The van der Waals surface area contributed by atoms with Crippen molar-refractivity contribution in [1.82, 2.24) is 0 Å². The molecule has 0 bridgehead atoms. The molecule has 0 fully saturated rings. The summed E-state index contributed by atoms with van der Waals surface area (Å²) in [5, 5.41) is 0. The third-order valence-corrected chi connectivity index (χ3v) is 2.76. The number of hydrogen-bond donors (Lipinski definition) is 0. The highest BCUT2D eigenvalue weighted by Crippen LogP contribution is 2.40. The highest BCUT2D eigenvalue weighted by atomic mass is 35.5. The molecule has 0 atom stereocenters. The number of halogens is 7. The largest absolute Gasteiger partial charge is 0.417 e. The highest BCUT2D eigenvalue weighted by molar-refractivity contribution is 6.18. The summed E-state index contributed by atoms with van der Waals surface area (Å²) in [6.45, 7) is 0. The number of Topliss-reactive ketones (excluding diaryl/α,β-unsaturated/α-hetero) is 1. The number of alkyl halides is 7. The van der Waals surface area contributed by atoms with Crippen molar-refractivity contribution in [3.05, 3.63) is 34.9 Å². The summed E-state index contributed by atoms with van der Waals surface area (Å²) in [5.74, 6) is -0.539. The first-order valence-electron chi connectivity index (χ1n) is 5.45. The minimum absolute atomic E-state index is 0.119. The van der Waals surface area contributed by atoms with Crippen molar-refractivity contribution < 1.29 is 31.1 Å². The van der Waals surface area contributed by atoms with Crippen molar-refractivity contribution in [1.29, 1.82) is 0 Å². The van der Waals surface area contributed by atoms with Crippen LogP contribution >= 0.6 is 11.6 Å². The van der Waals surface area contributed by atoms with Gasteiger partial charge in [-0.3, -0.25) is 4.79 Å². The quantitative estimate of drug-likeness (QED) is 0.437. The summed E-state index contributed by atoms with van der Waals surface area (Å²) in [5.41, 5.74) is -4.07. The van der Waals surface area contributed by atoms with E-state index in [-0.39, 0.29) is 30.9 Å². The van der Waals surface area contributed by atoms with Gasteiger partial charge in [0.2, 0.25) is 0 Å². The lowest BCUT2D eigenvalue weighted by atomic mass is 9.99. The van der Waals surface area contributed by atoms with Crippen molar-refractivity contribution in [2.75, 3.05) is 5.88 Å². The maximum Gasteiger partial charge on any atom is 0.417 e. The molecular weight excluding hydrogens is 310 g/mol. The number of carbonyl (C=O) groups excluding carboxylic acids is 1. The van der Waals surface area contributed by atoms with Gasteiger partial charge in [-0.2, -0.15) is 26.3 Å². The minimum Gasteiger partial charge on any atom is -0.294 e. The molecule has 0 heterocycles. The first kappa shape index (κ1) is 16.8. The molecule has 0 aliphatic heterocycles. The van der Waals surface area contributed by atoms with Gasteiger partial charge in [0.05, 0.1) is 11.1 Å². The molecule has 1 rings (SSSR count). The highest BCUT2D eigenvalue weighted by Gasteiger charge is 2.43. The van der Waals surface area contributed by atoms with Gasteiger partial charge in [-0.15, -0.1) is 11.6 Å². The Morgan fingerprint density at radius 1 is 1.00 bits per heavy atom. The minimum atomic E-state index is -5.19. The van der Waals surface area contributed by atoms with Crippen molar-refractivity contribution in [3.63, 3.8) is 0 Å². The van der Waals surface area contributed by atoms with E-state index in [0.29, 0.717) is 0 Å². The van der Waals surface area contributed by atoms with Gasteiger partial charge < -0.3 is 0 Å². The Labute approximate surface area is 115 Å². The van der Waals surface area contributed by atoms with E-state index >= 15 is 0 Å². The summed E-state index contributed by atoms with van der Waals surface area (Å²) in [4.78, 5) is 11.5. The maximum absolute atomic E-state index is 12.6. The van der Waals surface area contributed by atoms with E-state index < -0.39 is 34.8 Å². The van der Waals surface area contributed by atoms with Gasteiger partial charge in [0.1, 0.15) is 0 Å². The predicted molar refractivity (Wildman–Crippen MR) is 60.7 cm³/mol. The molecule has 0 N–H and O–H groups in total. The average Bonchev–Trinajstić information content (AvgIpc) is 2.33. The molecule has 8 heteroatoms. The van der Waals surface area contributed by atoms with Crippen LogP contribution in [0, 0.1) is 0 Å². The fraction of sp³-hybridized carbons (Fsp3) is 0.417. The monoisotopic (exact) mass is 318 g/mol. The second kappa shape index (κ2) is 6.03. The molecule has 0 radical (unpaired) electrons. The van der Waals surface area contributed by atoms with Crippen LogP contribution in [-0.2, 0) is 12.4 Å². The van der Waals surface area contributed by atoms with E-state index in [2.05, 4.69) is 0 Å². The smallest absolute Gasteiger partial charge is 0.294 e. The number of hydrogen-bond acceptors (Lipinski definition) is 1. The Balaban J connectivity index is 3.25. The summed E-state index contributed by atoms with van der Waals surface area (Å²) < 4.78 is 75.5. The Bertz CT molecular complexity index is 492. The summed E-state index contributed by atoms with van der Waals surface area (Å²) in [6, 6.07) is 1.25. The van der Waals surface area contributed by atoms with Crippen LogP contribution in [0.25, 0.3) is 0 Å². The Morgan fingerprint density at radius 3 is 2.00 bits per heavy atom. The van der Waals surface area contributed by atoms with Gasteiger partial charge in [-0.05, 0) is 18.6 Å². The number of ketones is 1. The molecule has 0 aliphatic rings. The predicted octanol–water partition coefficient (Wildman–Crippen LogP) is 4.93. The fourth-order valence-electron chi connectivity index (χ4n) is 1.57. The number of benzene rings is 1. The van der Waals surface area contributed by atoms with E-state index in [1.165, 1.54) is 0 Å². The molecule has 1 nitrogen and oxygen atoms in total. The van der Waals surface area contributed by atoms with Gasteiger partial charge in [0.15, 0.2) is 5.78 Å². The second-order valence-corrected chi connectivity index (χ2v) is 4.35. The zero-order chi connectivity index (χ0) is 15.6. The maximum atomic E-state index is 12.6. The third kappa shape index (κ3) is 4.13. The SMILES string of the molecule is O=C(CCCCl)c1ccc(C(F)(F)F)c(C(F)(F)F)c1. The first-order chi connectivity index (χ1) is 9.07. The lowest BCUT2D eigenvalue weighted by molar-refractivity contribution is -0.162. The molecule has 0 aromatic heterocycles. The van der Waals surface area contributed by atoms with Crippen molar-refractivity contribution in [3.8, 4) is 0 Å².